The van der Waals surface area contributed by atoms with E-state index in [0.717, 1.165) is 50.9 Å². The molecule has 1 atom stereocenters. The van der Waals surface area contributed by atoms with Crippen LogP contribution in [0.3, 0.4) is 0 Å². The summed E-state index contributed by atoms with van der Waals surface area (Å²) >= 11 is 0. The van der Waals surface area contributed by atoms with Crippen molar-refractivity contribution in [2.45, 2.75) is 38.4 Å². The Morgan fingerprint density at radius 2 is 1.73 bits per heavy atom. The third-order valence-electron chi connectivity index (χ3n) is 6.80. The molecule has 0 saturated carbocycles. The minimum Gasteiger partial charge on any atom is -0.384 e. The Morgan fingerprint density at radius 1 is 1.08 bits per heavy atom. The fraction of sp³-hybridized carbons (Fsp3) is 0.667. The Morgan fingerprint density at radius 3 is 2.30 bits per heavy atom. The Balaban J connectivity index is 0.000000292. The number of nitrogens with zero attached hydrogens (tertiary/aromatic N) is 3. The third-order valence-corrected chi connectivity index (χ3v) is 8.74. The lowest BCUT2D eigenvalue weighted by Crippen LogP contribution is -2.58. The van der Waals surface area contributed by atoms with Crippen LogP contribution in [0, 0.1) is 11.8 Å². The van der Waals surface area contributed by atoms with Gasteiger partial charge in [0.25, 0.3) is 10.2 Å². The summed E-state index contributed by atoms with van der Waals surface area (Å²) in [5.74, 6) is 0.262. The summed E-state index contributed by atoms with van der Waals surface area (Å²) in [6, 6.07) is 4.64. The van der Waals surface area contributed by atoms with Crippen molar-refractivity contribution in [3.63, 3.8) is 0 Å². The number of benzene rings is 1. The van der Waals surface area contributed by atoms with Gasteiger partial charge < -0.3 is 15.0 Å². The van der Waals surface area contributed by atoms with E-state index in [1.54, 1.807) is 7.11 Å². The third kappa shape index (κ3) is 7.88. The standard InChI is InChI=1S/C15H27N3O4S.C9H8F3NO.H2/c1-22-12-13-9-18(10-13)23(20,21)17-8-4-5-14(11-17)15(19)16-6-2-3-7-16;10-9(11,12)8-3-1-7(2-4-8)5-13-6-14;/h13-14H,2-12H2,1H3;1-4,6H,5H2,(H,13,14);1H/t14-;;/m0../s1. The molecule has 3 heterocycles. The molecule has 2 amide bonds. The number of piperidine rings is 1. The van der Waals surface area contributed by atoms with Gasteiger partial charge in [0, 0.05) is 60.3 Å². The molecule has 0 radical (unpaired) electrons. The molecule has 0 spiro atoms. The van der Waals surface area contributed by atoms with E-state index in [1.807, 2.05) is 4.90 Å². The van der Waals surface area contributed by atoms with Crippen LogP contribution < -0.4 is 5.32 Å². The van der Waals surface area contributed by atoms with Crippen LogP contribution in [0.25, 0.3) is 0 Å². The number of hydrogen-bond donors (Lipinski definition) is 1. The summed E-state index contributed by atoms with van der Waals surface area (Å²) in [7, 11) is -1.79. The van der Waals surface area contributed by atoms with Crippen LogP contribution in [0.15, 0.2) is 24.3 Å². The van der Waals surface area contributed by atoms with Crippen LogP contribution in [-0.2, 0) is 37.3 Å². The molecule has 0 aromatic heterocycles. The highest BCUT2D eigenvalue weighted by Gasteiger charge is 2.42. The maximum absolute atomic E-state index is 12.7. The highest BCUT2D eigenvalue weighted by molar-refractivity contribution is 7.86. The largest absolute Gasteiger partial charge is 0.416 e. The first-order chi connectivity index (χ1) is 17.6. The molecule has 3 aliphatic rings. The number of nitrogens with one attached hydrogen (secondary N) is 1. The first kappa shape index (κ1) is 29.3. The molecule has 0 aliphatic carbocycles. The molecule has 210 valence electrons. The van der Waals surface area contributed by atoms with Crippen molar-refractivity contribution in [3.8, 4) is 0 Å². The van der Waals surface area contributed by atoms with E-state index in [9.17, 15) is 31.2 Å². The molecule has 13 heteroatoms. The predicted octanol–water partition coefficient (Wildman–Crippen LogP) is 2.34. The second-order valence-electron chi connectivity index (χ2n) is 9.57. The number of methoxy groups -OCH3 is 1. The Bertz CT molecular complexity index is 1000. The van der Waals surface area contributed by atoms with Crippen molar-refractivity contribution in [2.75, 3.05) is 53.0 Å². The molecule has 1 aromatic carbocycles. The van der Waals surface area contributed by atoms with E-state index in [1.165, 1.54) is 20.7 Å². The first-order valence-corrected chi connectivity index (χ1v) is 13.8. The van der Waals surface area contributed by atoms with Crippen LogP contribution in [0.5, 0.6) is 0 Å². The minimum atomic E-state index is -4.31. The lowest BCUT2D eigenvalue weighted by Gasteiger charge is -2.42. The Kier molecular flexibility index (Phi) is 10.3. The van der Waals surface area contributed by atoms with Gasteiger partial charge in [0.1, 0.15) is 0 Å². The maximum atomic E-state index is 12.7. The van der Waals surface area contributed by atoms with E-state index in [4.69, 9.17) is 4.74 Å². The summed E-state index contributed by atoms with van der Waals surface area (Å²) in [5.41, 5.74) is -0.0579. The SMILES string of the molecule is COCC1CN(S(=O)(=O)N2CCC[C@H](C(=O)N3CCCC3)C2)C1.O=CNCc1ccc(C(F)(F)F)cc1.[HH]. The summed E-state index contributed by atoms with van der Waals surface area (Å²) < 4.78 is 69.8. The average molecular weight is 551 g/mol. The average Bonchev–Trinajstić information content (AvgIpc) is 3.39. The van der Waals surface area contributed by atoms with E-state index in [-0.39, 0.29) is 19.8 Å². The molecule has 3 fully saturated rings. The van der Waals surface area contributed by atoms with Crippen LogP contribution in [0.2, 0.25) is 0 Å². The van der Waals surface area contributed by atoms with Crippen LogP contribution >= 0.6 is 0 Å². The summed E-state index contributed by atoms with van der Waals surface area (Å²) in [6.45, 7) is 4.40. The fourth-order valence-electron chi connectivity index (χ4n) is 4.74. The normalized spacial score (nSPS) is 21.6. The van der Waals surface area contributed by atoms with Crippen molar-refractivity contribution < 1.29 is 37.3 Å². The Hall–Kier alpha value is -2.22. The molecule has 3 aliphatic heterocycles. The second-order valence-corrected chi connectivity index (χ2v) is 11.5. The summed E-state index contributed by atoms with van der Waals surface area (Å²) in [4.78, 5) is 24.4. The molecule has 1 N–H and O–H groups in total. The van der Waals surface area contributed by atoms with Gasteiger partial charge >= 0.3 is 6.18 Å². The smallest absolute Gasteiger partial charge is 0.384 e. The number of alkyl halides is 3. The number of ether oxygens (including phenoxy) is 1. The predicted molar refractivity (Wildman–Crippen MR) is 132 cm³/mol. The van der Waals surface area contributed by atoms with Gasteiger partial charge in [0.2, 0.25) is 12.3 Å². The molecule has 4 rings (SSSR count). The fourth-order valence-corrected chi connectivity index (χ4v) is 6.59. The van der Waals surface area contributed by atoms with E-state index in [0.29, 0.717) is 50.7 Å². The van der Waals surface area contributed by atoms with E-state index >= 15 is 0 Å². The van der Waals surface area contributed by atoms with Gasteiger partial charge in [-0.2, -0.15) is 30.2 Å². The lowest BCUT2D eigenvalue weighted by molar-refractivity contribution is -0.137. The topological polar surface area (TPSA) is 99.3 Å². The number of hydrogen-bond acceptors (Lipinski definition) is 5. The number of carbonyl (C=O) groups excluding carboxylic acids is 2. The van der Waals surface area contributed by atoms with Crippen LogP contribution in [0.1, 0.15) is 38.2 Å². The van der Waals surface area contributed by atoms with Crippen molar-refractivity contribution in [1.29, 1.82) is 0 Å². The van der Waals surface area contributed by atoms with Crippen molar-refractivity contribution >= 4 is 22.5 Å². The monoisotopic (exact) mass is 550 g/mol. The molecular weight excluding hydrogens is 513 g/mol. The lowest BCUT2D eigenvalue weighted by atomic mass is 9.98. The highest BCUT2D eigenvalue weighted by Crippen LogP contribution is 2.29. The Labute approximate surface area is 217 Å². The molecule has 0 bridgehead atoms. The zero-order valence-corrected chi connectivity index (χ0v) is 21.8. The number of likely N-dealkylation sites (tertiary alicyclic amines) is 1. The van der Waals surface area contributed by atoms with Gasteiger partial charge in [0.05, 0.1) is 18.1 Å². The molecule has 37 heavy (non-hydrogen) atoms. The number of halogens is 3. The number of carbonyl (C=O) groups is 2. The minimum absolute atomic E-state index is 0. The van der Waals surface area contributed by atoms with Gasteiger partial charge in [-0.3, -0.25) is 9.59 Å². The zero-order chi connectivity index (χ0) is 27.1. The van der Waals surface area contributed by atoms with E-state index < -0.39 is 21.9 Å². The number of amides is 2. The second kappa shape index (κ2) is 13.0. The zero-order valence-electron chi connectivity index (χ0n) is 21.0. The first-order valence-electron chi connectivity index (χ1n) is 12.4. The molecule has 3 saturated heterocycles. The molecular formula is C24H37F3N4O5S. The quantitative estimate of drug-likeness (QED) is 0.501. The summed E-state index contributed by atoms with van der Waals surface area (Å²) in [5, 5.41) is 2.36. The molecule has 9 nitrogen and oxygen atoms in total. The van der Waals surface area contributed by atoms with Crippen molar-refractivity contribution in [1.82, 2.24) is 18.8 Å². The van der Waals surface area contributed by atoms with Gasteiger partial charge in [-0.25, -0.2) is 0 Å². The number of rotatable bonds is 8. The maximum Gasteiger partial charge on any atom is 0.416 e. The van der Waals surface area contributed by atoms with Gasteiger partial charge in [0.15, 0.2) is 0 Å². The molecule has 0 unspecified atom stereocenters. The molecule has 1 aromatic rings. The summed E-state index contributed by atoms with van der Waals surface area (Å²) in [6.07, 6.45) is -0.120. The van der Waals surface area contributed by atoms with Gasteiger partial charge in [-0.1, -0.05) is 12.1 Å². The highest BCUT2D eigenvalue weighted by atomic mass is 32.2. The van der Waals surface area contributed by atoms with Gasteiger partial charge in [-0.15, -0.1) is 0 Å². The van der Waals surface area contributed by atoms with Crippen LogP contribution in [-0.4, -0.2) is 87.2 Å². The van der Waals surface area contributed by atoms with E-state index in [2.05, 4.69) is 5.32 Å². The van der Waals surface area contributed by atoms with Gasteiger partial charge in [-0.05, 0) is 43.4 Å². The van der Waals surface area contributed by atoms with Crippen molar-refractivity contribution in [3.05, 3.63) is 35.4 Å². The van der Waals surface area contributed by atoms with Crippen molar-refractivity contribution in [2.24, 2.45) is 11.8 Å². The van der Waals surface area contributed by atoms with Crippen LogP contribution in [0.4, 0.5) is 13.2 Å².